The van der Waals surface area contributed by atoms with E-state index in [0.29, 0.717) is 12.1 Å². The Labute approximate surface area is 99.9 Å². The normalized spacial score (nSPS) is 22.5. The first kappa shape index (κ1) is 13.9. The Morgan fingerprint density at radius 1 is 1.50 bits per heavy atom. The lowest BCUT2D eigenvalue weighted by atomic mass is 10.1. The van der Waals surface area contributed by atoms with Gasteiger partial charge in [-0.1, -0.05) is 6.92 Å². The molecule has 0 bridgehead atoms. The first-order valence-corrected chi connectivity index (χ1v) is 6.70. The van der Waals surface area contributed by atoms with Gasteiger partial charge in [0.15, 0.2) is 0 Å². The van der Waals surface area contributed by atoms with Gasteiger partial charge in [-0.3, -0.25) is 0 Å². The molecule has 1 rings (SSSR count). The second-order valence-electron chi connectivity index (χ2n) is 4.67. The Morgan fingerprint density at radius 2 is 2.38 bits per heavy atom. The van der Waals surface area contributed by atoms with Crippen molar-refractivity contribution in [2.75, 3.05) is 26.9 Å². The molecule has 2 unspecified atom stereocenters. The first-order valence-electron chi connectivity index (χ1n) is 6.70. The molecule has 0 spiro atoms. The van der Waals surface area contributed by atoms with Crippen LogP contribution in [0.25, 0.3) is 0 Å². The predicted molar refractivity (Wildman–Crippen MR) is 66.8 cm³/mol. The minimum absolute atomic E-state index is 0.520. The zero-order chi connectivity index (χ0) is 11.6. The van der Waals surface area contributed by atoms with Crippen LogP contribution in [0.1, 0.15) is 45.4 Å². The van der Waals surface area contributed by atoms with Crippen LogP contribution in [0.5, 0.6) is 0 Å². The van der Waals surface area contributed by atoms with E-state index in [9.17, 15) is 0 Å². The van der Waals surface area contributed by atoms with Crippen LogP contribution in [-0.2, 0) is 9.47 Å². The third-order valence-electron chi connectivity index (χ3n) is 3.15. The molecule has 0 saturated carbocycles. The summed E-state index contributed by atoms with van der Waals surface area (Å²) in [6.45, 7) is 5.09. The highest BCUT2D eigenvalue weighted by molar-refractivity contribution is 4.69. The van der Waals surface area contributed by atoms with E-state index in [1.165, 1.54) is 38.5 Å². The molecule has 1 aliphatic rings. The molecule has 0 radical (unpaired) electrons. The number of hydrogen-bond acceptors (Lipinski definition) is 3. The van der Waals surface area contributed by atoms with E-state index >= 15 is 0 Å². The highest BCUT2D eigenvalue weighted by Gasteiger charge is 2.15. The fourth-order valence-corrected chi connectivity index (χ4v) is 2.26. The Balaban J connectivity index is 2.05. The minimum atomic E-state index is 0.520. The van der Waals surface area contributed by atoms with Gasteiger partial charge in [0.05, 0.1) is 12.7 Å². The van der Waals surface area contributed by atoms with Gasteiger partial charge in [0, 0.05) is 19.8 Å². The van der Waals surface area contributed by atoms with Crippen LogP contribution in [0.15, 0.2) is 0 Å². The van der Waals surface area contributed by atoms with E-state index in [-0.39, 0.29) is 0 Å². The van der Waals surface area contributed by atoms with Gasteiger partial charge < -0.3 is 14.8 Å². The van der Waals surface area contributed by atoms with Gasteiger partial charge in [0.25, 0.3) is 0 Å². The smallest absolute Gasteiger partial charge is 0.0615 e. The maximum absolute atomic E-state index is 5.62. The Hall–Kier alpha value is -0.120. The monoisotopic (exact) mass is 229 g/mol. The topological polar surface area (TPSA) is 30.5 Å². The molecule has 3 heteroatoms. The maximum atomic E-state index is 5.62. The van der Waals surface area contributed by atoms with Crippen molar-refractivity contribution in [2.45, 2.75) is 57.6 Å². The molecule has 1 N–H and O–H groups in total. The molecule has 96 valence electrons. The lowest BCUT2D eigenvalue weighted by molar-refractivity contribution is 0.0987. The number of hydrogen-bond donors (Lipinski definition) is 1. The van der Waals surface area contributed by atoms with Gasteiger partial charge in [-0.2, -0.15) is 0 Å². The molecule has 0 amide bonds. The third-order valence-corrected chi connectivity index (χ3v) is 3.15. The molecule has 0 aromatic carbocycles. The molecule has 2 atom stereocenters. The van der Waals surface area contributed by atoms with Gasteiger partial charge in [-0.05, 0) is 45.1 Å². The fraction of sp³-hybridized carbons (Fsp3) is 1.00. The van der Waals surface area contributed by atoms with Crippen molar-refractivity contribution in [3.8, 4) is 0 Å². The summed E-state index contributed by atoms with van der Waals surface area (Å²) in [7, 11) is 1.78. The molecule has 1 aliphatic heterocycles. The van der Waals surface area contributed by atoms with E-state index in [4.69, 9.17) is 9.47 Å². The van der Waals surface area contributed by atoms with Gasteiger partial charge in [-0.15, -0.1) is 0 Å². The summed E-state index contributed by atoms with van der Waals surface area (Å²) in [6.07, 6.45) is 7.90. The van der Waals surface area contributed by atoms with Crippen LogP contribution in [-0.4, -0.2) is 39.0 Å². The van der Waals surface area contributed by atoms with Crippen LogP contribution in [0.4, 0.5) is 0 Å². The largest absolute Gasteiger partial charge is 0.383 e. The Morgan fingerprint density at radius 3 is 3.00 bits per heavy atom. The highest BCUT2D eigenvalue weighted by Crippen LogP contribution is 2.18. The maximum Gasteiger partial charge on any atom is 0.0615 e. The molecular formula is C13H27NO2. The van der Waals surface area contributed by atoms with Crippen LogP contribution >= 0.6 is 0 Å². The zero-order valence-electron chi connectivity index (χ0n) is 10.8. The van der Waals surface area contributed by atoms with Gasteiger partial charge in [-0.25, -0.2) is 0 Å². The molecule has 3 nitrogen and oxygen atoms in total. The predicted octanol–water partition coefficient (Wildman–Crippen LogP) is 2.35. The summed E-state index contributed by atoms with van der Waals surface area (Å²) in [5.74, 6) is 0. The summed E-state index contributed by atoms with van der Waals surface area (Å²) in [5, 5.41) is 3.53. The van der Waals surface area contributed by atoms with Crippen LogP contribution in [0.2, 0.25) is 0 Å². The SMILES string of the molecule is CCCNC(CCCC1CCCO1)COC. The number of rotatable bonds is 9. The summed E-state index contributed by atoms with van der Waals surface area (Å²) < 4.78 is 10.9. The Kier molecular flexibility index (Phi) is 7.81. The molecule has 16 heavy (non-hydrogen) atoms. The summed E-state index contributed by atoms with van der Waals surface area (Å²) in [5.41, 5.74) is 0. The number of ether oxygens (including phenoxy) is 2. The summed E-state index contributed by atoms with van der Waals surface area (Å²) in [4.78, 5) is 0. The van der Waals surface area contributed by atoms with Crippen LogP contribution in [0, 0.1) is 0 Å². The van der Waals surface area contributed by atoms with E-state index in [1.54, 1.807) is 7.11 Å². The van der Waals surface area contributed by atoms with E-state index in [2.05, 4.69) is 12.2 Å². The molecule has 1 heterocycles. The number of methoxy groups -OCH3 is 1. The molecule has 0 aromatic rings. The standard InChI is InChI=1S/C13H27NO2/c1-3-9-14-12(11-15-2)6-4-7-13-8-5-10-16-13/h12-14H,3-11H2,1-2H3. The van der Waals surface area contributed by atoms with E-state index < -0.39 is 0 Å². The van der Waals surface area contributed by atoms with Gasteiger partial charge in [0.2, 0.25) is 0 Å². The average Bonchev–Trinajstić information content (AvgIpc) is 2.79. The quantitative estimate of drug-likeness (QED) is 0.658. The number of nitrogens with one attached hydrogen (secondary N) is 1. The molecule has 1 fully saturated rings. The first-order chi connectivity index (χ1) is 7.86. The third kappa shape index (κ3) is 5.83. The zero-order valence-corrected chi connectivity index (χ0v) is 10.8. The van der Waals surface area contributed by atoms with E-state index in [1.807, 2.05) is 0 Å². The van der Waals surface area contributed by atoms with Crippen LogP contribution in [0.3, 0.4) is 0 Å². The molecule has 0 aromatic heterocycles. The van der Waals surface area contributed by atoms with Gasteiger partial charge >= 0.3 is 0 Å². The van der Waals surface area contributed by atoms with Crippen molar-refractivity contribution >= 4 is 0 Å². The summed E-state index contributed by atoms with van der Waals surface area (Å²) >= 11 is 0. The molecule has 1 saturated heterocycles. The van der Waals surface area contributed by atoms with Crippen molar-refractivity contribution in [2.24, 2.45) is 0 Å². The van der Waals surface area contributed by atoms with Gasteiger partial charge in [0.1, 0.15) is 0 Å². The van der Waals surface area contributed by atoms with E-state index in [0.717, 1.165) is 19.8 Å². The van der Waals surface area contributed by atoms with Crippen molar-refractivity contribution in [1.29, 1.82) is 0 Å². The van der Waals surface area contributed by atoms with Crippen molar-refractivity contribution < 1.29 is 9.47 Å². The lowest BCUT2D eigenvalue weighted by Gasteiger charge is -2.18. The Bertz CT molecular complexity index is 158. The summed E-state index contributed by atoms with van der Waals surface area (Å²) in [6, 6.07) is 0.520. The van der Waals surface area contributed by atoms with Crippen LogP contribution < -0.4 is 5.32 Å². The average molecular weight is 229 g/mol. The second-order valence-corrected chi connectivity index (χ2v) is 4.67. The van der Waals surface area contributed by atoms with Crippen molar-refractivity contribution in [3.05, 3.63) is 0 Å². The fourth-order valence-electron chi connectivity index (χ4n) is 2.26. The second kappa shape index (κ2) is 8.97. The van der Waals surface area contributed by atoms with Crippen molar-refractivity contribution in [3.63, 3.8) is 0 Å². The highest BCUT2D eigenvalue weighted by atomic mass is 16.5. The minimum Gasteiger partial charge on any atom is -0.383 e. The lowest BCUT2D eigenvalue weighted by Crippen LogP contribution is -2.33. The molecule has 0 aliphatic carbocycles. The molecular weight excluding hydrogens is 202 g/mol. The van der Waals surface area contributed by atoms with Crippen molar-refractivity contribution in [1.82, 2.24) is 5.32 Å².